The molecule has 2 amide bonds. The maximum absolute atomic E-state index is 12.5. The quantitative estimate of drug-likeness (QED) is 0.251. The van der Waals surface area contributed by atoms with E-state index in [2.05, 4.69) is 27.7 Å². The molecule has 1 aliphatic rings. The Labute approximate surface area is 238 Å². The summed E-state index contributed by atoms with van der Waals surface area (Å²) in [6.07, 6.45) is 5.31. The first-order chi connectivity index (χ1) is 19.4. The van der Waals surface area contributed by atoms with E-state index in [9.17, 15) is 14.7 Å². The van der Waals surface area contributed by atoms with E-state index in [-0.39, 0.29) is 6.03 Å². The van der Waals surface area contributed by atoms with Crippen molar-refractivity contribution in [1.29, 1.82) is 0 Å². The average Bonchev–Trinajstić information content (AvgIpc) is 2.97. The number of benzene rings is 1. The lowest BCUT2D eigenvalue weighted by molar-refractivity contribution is -0.139. The van der Waals surface area contributed by atoms with Gasteiger partial charge in [-0.05, 0) is 82.7 Å². The van der Waals surface area contributed by atoms with Crippen LogP contribution in [-0.4, -0.2) is 90.9 Å². The summed E-state index contributed by atoms with van der Waals surface area (Å²) < 4.78 is 11.4. The maximum Gasteiger partial charge on any atom is 0.326 e. The number of rotatable bonds is 17. The van der Waals surface area contributed by atoms with Gasteiger partial charge in [-0.1, -0.05) is 18.2 Å². The summed E-state index contributed by atoms with van der Waals surface area (Å²) >= 11 is 0. The van der Waals surface area contributed by atoms with E-state index >= 15 is 0 Å². The number of hydrogen-bond acceptors (Lipinski definition) is 7. The van der Waals surface area contributed by atoms with E-state index in [0.29, 0.717) is 50.7 Å². The lowest BCUT2D eigenvalue weighted by atomic mass is 10.1. The van der Waals surface area contributed by atoms with E-state index in [1.54, 1.807) is 12.0 Å². The van der Waals surface area contributed by atoms with Gasteiger partial charge in [-0.3, -0.25) is 4.90 Å². The third-order valence-electron chi connectivity index (χ3n) is 7.22. The maximum atomic E-state index is 12.5. The number of carbonyl (C=O) groups excluding carboxylic acids is 1. The lowest BCUT2D eigenvalue weighted by Crippen LogP contribution is -2.49. The summed E-state index contributed by atoms with van der Waals surface area (Å²) in [4.78, 5) is 33.0. The number of ether oxygens (including phenoxy) is 2. The molecule has 220 valence electrons. The van der Waals surface area contributed by atoms with E-state index in [4.69, 9.17) is 14.5 Å². The topological polar surface area (TPSA) is 116 Å². The molecule has 10 heteroatoms. The van der Waals surface area contributed by atoms with Crippen molar-refractivity contribution in [2.75, 3.05) is 58.3 Å². The number of anilines is 1. The number of amides is 2. The molecule has 0 saturated carbocycles. The number of aromatic nitrogens is 1. The van der Waals surface area contributed by atoms with Gasteiger partial charge in [-0.15, -0.1) is 0 Å². The van der Waals surface area contributed by atoms with Crippen molar-refractivity contribution >= 4 is 17.8 Å². The van der Waals surface area contributed by atoms with Crippen molar-refractivity contribution in [1.82, 2.24) is 20.1 Å². The summed E-state index contributed by atoms with van der Waals surface area (Å²) in [7, 11) is 1.61. The molecule has 2 heterocycles. The summed E-state index contributed by atoms with van der Waals surface area (Å²) in [5, 5.41) is 15.8. The van der Waals surface area contributed by atoms with Gasteiger partial charge in [0.2, 0.25) is 0 Å². The number of nitrogens with one attached hydrogen (secondary N) is 2. The SMILES string of the molecule is CCN(CC)C(=O)NC(CCN(CCCCc1ccc2c(n1)NCCC2)CCOc1ccccc1OC)C(=O)O. The second kappa shape index (κ2) is 16.5. The third-order valence-corrected chi connectivity index (χ3v) is 7.22. The van der Waals surface area contributed by atoms with Crippen molar-refractivity contribution in [3.8, 4) is 11.5 Å². The number of fused-ring (bicyclic) bond motifs is 1. The first kappa shape index (κ1) is 31.0. The van der Waals surface area contributed by atoms with Crippen LogP contribution >= 0.6 is 0 Å². The number of para-hydroxylation sites is 2. The van der Waals surface area contributed by atoms with Gasteiger partial charge in [-0.25, -0.2) is 14.6 Å². The van der Waals surface area contributed by atoms with E-state index < -0.39 is 12.0 Å². The Morgan fingerprint density at radius 1 is 1.07 bits per heavy atom. The molecule has 40 heavy (non-hydrogen) atoms. The van der Waals surface area contributed by atoms with Crippen molar-refractivity contribution in [2.45, 2.75) is 58.4 Å². The Balaban J connectivity index is 1.55. The molecule has 0 bridgehead atoms. The minimum absolute atomic E-state index is 0.301. The molecule has 2 aromatic rings. The Bertz CT molecular complexity index is 1080. The zero-order valence-corrected chi connectivity index (χ0v) is 24.2. The van der Waals surface area contributed by atoms with Gasteiger partial charge in [0, 0.05) is 38.4 Å². The molecular formula is C30H45N5O5. The van der Waals surface area contributed by atoms with Crippen molar-refractivity contribution < 1.29 is 24.2 Å². The molecule has 1 unspecified atom stereocenters. The summed E-state index contributed by atoms with van der Waals surface area (Å²) in [5.74, 6) is 1.33. The van der Waals surface area contributed by atoms with Crippen molar-refractivity contribution in [3.05, 3.63) is 47.7 Å². The van der Waals surface area contributed by atoms with Crippen LogP contribution in [0.15, 0.2) is 36.4 Å². The van der Waals surface area contributed by atoms with Crippen LogP contribution in [0.3, 0.4) is 0 Å². The molecule has 1 atom stereocenters. The Morgan fingerprint density at radius 3 is 2.58 bits per heavy atom. The first-order valence-electron chi connectivity index (χ1n) is 14.4. The molecule has 3 rings (SSSR count). The highest BCUT2D eigenvalue weighted by atomic mass is 16.5. The van der Waals surface area contributed by atoms with Crippen molar-refractivity contribution in [2.24, 2.45) is 0 Å². The van der Waals surface area contributed by atoms with Gasteiger partial charge in [0.05, 0.1) is 7.11 Å². The monoisotopic (exact) mass is 555 g/mol. The molecule has 0 radical (unpaired) electrons. The zero-order valence-electron chi connectivity index (χ0n) is 24.2. The Morgan fingerprint density at radius 2 is 1.85 bits per heavy atom. The van der Waals surface area contributed by atoms with E-state index in [1.165, 1.54) is 5.56 Å². The van der Waals surface area contributed by atoms with E-state index in [1.807, 2.05) is 38.1 Å². The molecule has 10 nitrogen and oxygen atoms in total. The van der Waals surface area contributed by atoms with Crippen LogP contribution < -0.4 is 20.1 Å². The number of hydrogen-bond donors (Lipinski definition) is 3. The molecule has 0 saturated heterocycles. The van der Waals surface area contributed by atoms with E-state index in [0.717, 1.165) is 56.7 Å². The average molecular weight is 556 g/mol. The predicted molar refractivity (Wildman–Crippen MR) is 156 cm³/mol. The fraction of sp³-hybridized carbons (Fsp3) is 0.567. The molecule has 1 aromatic carbocycles. The molecule has 0 spiro atoms. The van der Waals surface area contributed by atoms with Crippen LogP contribution in [0.25, 0.3) is 0 Å². The second-order valence-corrected chi connectivity index (χ2v) is 9.94. The number of carboxylic acids is 1. The summed E-state index contributed by atoms with van der Waals surface area (Å²) in [6, 6.07) is 10.5. The number of carbonyl (C=O) groups is 2. The van der Waals surface area contributed by atoms with Gasteiger partial charge < -0.3 is 30.1 Å². The number of methoxy groups -OCH3 is 1. The van der Waals surface area contributed by atoms with Crippen LogP contribution in [0.4, 0.5) is 10.6 Å². The summed E-state index contributed by atoms with van der Waals surface area (Å²) in [5.41, 5.74) is 2.38. The zero-order chi connectivity index (χ0) is 28.7. The number of pyridine rings is 1. The largest absolute Gasteiger partial charge is 0.493 e. The molecule has 3 N–H and O–H groups in total. The number of unbranched alkanes of at least 4 members (excludes halogenated alkanes) is 1. The fourth-order valence-electron chi connectivity index (χ4n) is 4.83. The third kappa shape index (κ3) is 9.59. The standard InChI is InChI=1S/C30H45N5O5/c1-4-35(5-2)30(38)33-25(29(36)37)17-20-34(21-22-40-27-14-7-6-13-26(27)39-3)19-9-8-12-24-16-15-23-11-10-18-31-28(23)32-24/h6-7,13-16,25H,4-5,8-12,17-22H2,1-3H3,(H,31,32)(H,33,38)(H,36,37). The number of nitrogens with zero attached hydrogens (tertiary/aromatic N) is 3. The molecule has 1 aliphatic heterocycles. The highest BCUT2D eigenvalue weighted by Gasteiger charge is 2.23. The van der Waals surface area contributed by atoms with Gasteiger partial charge in [-0.2, -0.15) is 0 Å². The van der Waals surface area contributed by atoms with Gasteiger partial charge in [0.1, 0.15) is 18.5 Å². The number of urea groups is 1. The van der Waals surface area contributed by atoms with Crippen LogP contribution in [0.1, 0.15) is 50.8 Å². The van der Waals surface area contributed by atoms with Gasteiger partial charge in [0.15, 0.2) is 11.5 Å². The first-order valence-corrected chi connectivity index (χ1v) is 14.4. The highest BCUT2D eigenvalue weighted by molar-refractivity contribution is 5.82. The normalized spacial score (nSPS) is 13.2. The smallest absolute Gasteiger partial charge is 0.326 e. The van der Waals surface area contributed by atoms with Crippen molar-refractivity contribution in [3.63, 3.8) is 0 Å². The predicted octanol–water partition coefficient (Wildman–Crippen LogP) is 4.05. The molecule has 0 aliphatic carbocycles. The van der Waals surface area contributed by atoms with Gasteiger partial charge >= 0.3 is 12.0 Å². The fourth-order valence-corrected chi connectivity index (χ4v) is 4.83. The van der Waals surface area contributed by atoms with Crippen LogP contribution in [0.5, 0.6) is 11.5 Å². The van der Waals surface area contributed by atoms with Crippen LogP contribution in [-0.2, 0) is 17.6 Å². The Hall–Kier alpha value is -3.53. The highest BCUT2D eigenvalue weighted by Crippen LogP contribution is 2.25. The second-order valence-electron chi connectivity index (χ2n) is 9.94. The van der Waals surface area contributed by atoms with Gasteiger partial charge in [0.25, 0.3) is 0 Å². The minimum Gasteiger partial charge on any atom is -0.493 e. The molecular weight excluding hydrogens is 510 g/mol. The Kier molecular flexibility index (Phi) is 12.8. The number of aliphatic carboxylic acids is 1. The minimum atomic E-state index is -1.03. The molecule has 0 fully saturated rings. The molecule has 1 aromatic heterocycles. The lowest BCUT2D eigenvalue weighted by Gasteiger charge is -2.26. The number of carboxylic acid groups (broad SMARTS) is 1. The number of aryl methyl sites for hydroxylation is 2. The summed E-state index contributed by atoms with van der Waals surface area (Å²) in [6.45, 7) is 8.13. The van der Waals surface area contributed by atoms with Crippen LogP contribution in [0, 0.1) is 0 Å². The van der Waals surface area contributed by atoms with Crippen LogP contribution in [0.2, 0.25) is 0 Å².